The number of hydrogen-bond acceptors (Lipinski definition) is 4. The lowest BCUT2D eigenvalue weighted by Gasteiger charge is -2.25. The third-order valence-electron chi connectivity index (χ3n) is 3.34. The average Bonchev–Trinajstić information content (AvgIpc) is 2.95. The van der Waals surface area contributed by atoms with E-state index >= 15 is 0 Å². The average molecular weight is 252 g/mol. The van der Waals surface area contributed by atoms with Gasteiger partial charge in [-0.3, -0.25) is 0 Å². The Labute approximate surface area is 104 Å². The van der Waals surface area contributed by atoms with Crippen LogP contribution in [-0.4, -0.2) is 32.2 Å². The van der Waals surface area contributed by atoms with E-state index in [0.717, 1.165) is 18.8 Å². The van der Waals surface area contributed by atoms with Crippen molar-refractivity contribution in [3.8, 4) is 0 Å². The van der Waals surface area contributed by atoms with Gasteiger partial charge in [-0.05, 0) is 19.3 Å². The van der Waals surface area contributed by atoms with Gasteiger partial charge in [0.15, 0.2) is 0 Å². The van der Waals surface area contributed by atoms with Crippen LogP contribution in [-0.2, 0) is 0 Å². The Morgan fingerprint density at radius 2 is 2.41 bits per heavy atom. The molecule has 2 aromatic heterocycles. The van der Waals surface area contributed by atoms with Gasteiger partial charge in [0.1, 0.15) is 17.3 Å². The molecular formula is C11H14ClN5. The van der Waals surface area contributed by atoms with Crippen LogP contribution in [0, 0.1) is 0 Å². The number of nitrogens with zero attached hydrogens (tertiary/aromatic N) is 5. The van der Waals surface area contributed by atoms with Gasteiger partial charge in [0, 0.05) is 18.7 Å². The van der Waals surface area contributed by atoms with Crippen molar-refractivity contribution >= 4 is 23.2 Å². The number of aromatic nitrogens is 4. The molecule has 1 unspecified atom stereocenters. The highest BCUT2D eigenvalue weighted by Crippen LogP contribution is 2.28. The second kappa shape index (κ2) is 4.14. The quantitative estimate of drug-likeness (QED) is 0.768. The third kappa shape index (κ3) is 1.74. The van der Waals surface area contributed by atoms with E-state index in [4.69, 9.17) is 11.6 Å². The number of hydrogen-bond donors (Lipinski definition) is 0. The van der Waals surface area contributed by atoms with Crippen LogP contribution in [0.5, 0.6) is 0 Å². The summed E-state index contributed by atoms with van der Waals surface area (Å²) in [4.78, 5) is 10.6. The van der Waals surface area contributed by atoms with E-state index in [1.54, 1.807) is 4.52 Å². The summed E-state index contributed by atoms with van der Waals surface area (Å²) in [5.74, 6) is 1.57. The Morgan fingerprint density at radius 1 is 1.53 bits per heavy atom. The van der Waals surface area contributed by atoms with Gasteiger partial charge >= 0.3 is 0 Å². The van der Waals surface area contributed by atoms with E-state index in [0.29, 0.717) is 17.0 Å². The van der Waals surface area contributed by atoms with Crippen molar-refractivity contribution in [3.05, 3.63) is 17.5 Å². The minimum Gasteiger partial charge on any atom is -0.353 e. The van der Waals surface area contributed by atoms with E-state index in [1.165, 1.54) is 19.2 Å². The van der Waals surface area contributed by atoms with Gasteiger partial charge < -0.3 is 4.90 Å². The highest BCUT2D eigenvalue weighted by atomic mass is 35.5. The van der Waals surface area contributed by atoms with Crippen molar-refractivity contribution in [1.29, 1.82) is 0 Å². The van der Waals surface area contributed by atoms with Gasteiger partial charge in [-0.15, -0.1) is 0 Å². The lowest BCUT2D eigenvalue weighted by atomic mass is 10.2. The lowest BCUT2D eigenvalue weighted by Crippen LogP contribution is -2.30. The zero-order valence-electron chi connectivity index (χ0n) is 9.67. The fourth-order valence-corrected chi connectivity index (χ4v) is 2.71. The van der Waals surface area contributed by atoms with Crippen molar-refractivity contribution in [2.75, 3.05) is 11.4 Å². The number of halogens is 1. The van der Waals surface area contributed by atoms with E-state index in [-0.39, 0.29) is 0 Å². The summed E-state index contributed by atoms with van der Waals surface area (Å²) in [5.41, 5.74) is 0. The van der Waals surface area contributed by atoms with Gasteiger partial charge in [-0.2, -0.15) is 19.6 Å². The molecule has 1 aliphatic rings. The molecular weight excluding hydrogens is 238 g/mol. The second-order valence-electron chi connectivity index (χ2n) is 4.31. The van der Waals surface area contributed by atoms with Crippen molar-refractivity contribution in [1.82, 2.24) is 19.6 Å². The zero-order chi connectivity index (χ0) is 11.8. The molecule has 0 amide bonds. The molecule has 2 aromatic rings. The van der Waals surface area contributed by atoms with E-state index in [2.05, 4.69) is 26.9 Å². The van der Waals surface area contributed by atoms with Crippen LogP contribution in [0.1, 0.15) is 26.2 Å². The van der Waals surface area contributed by atoms with Crippen LogP contribution in [0.4, 0.5) is 5.82 Å². The first-order valence-electron chi connectivity index (χ1n) is 5.92. The molecule has 1 fully saturated rings. The monoisotopic (exact) mass is 251 g/mol. The van der Waals surface area contributed by atoms with Gasteiger partial charge in [0.05, 0.1) is 0 Å². The number of fused-ring (bicyclic) bond motifs is 1. The van der Waals surface area contributed by atoms with Gasteiger partial charge in [-0.1, -0.05) is 18.5 Å². The molecule has 0 aliphatic carbocycles. The standard InChI is InChI=1S/C11H14ClN5/c1-2-8-4-3-5-16(8)10-6-9(12)15-11-13-7-14-17(10)11/h6-8H,2-5H2,1H3. The highest BCUT2D eigenvalue weighted by molar-refractivity contribution is 6.29. The first kappa shape index (κ1) is 10.8. The molecule has 0 bridgehead atoms. The summed E-state index contributed by atoms with van der Waals surface area (Å²) in [5, 5.41) is 4.69. The van der Waals surface area contributed by atoms with Crippen LogP contribution in [0.2, 0.25) is 5.15 Å². The molecule has 1 saturated heterocycles. The van der Waals surface area contributed by atoms with Crippen LogP contribution in [0.15, 0.2) is 12.4 Å². The first-order chi connectivity index (χ1) is 8.29. The zero-order valence-corrected chi connectivity index (χ0v) is 10.4. The first-order valence-corrected chi connectivity index (χ1v) is 6.30. The molecule has 0 radical (unpaired) electrons. The normalized spacial score (nSPS) is 20.4. The van der Waals surface area contributed by atoms with Gasteiger partial charge in [-0.25, -0.2) is 0 Å². The Kier molecular flexibility index (Phi) is 2.63. The Hall–Kier alpha value is -1.36. The van der Waals surface area contributed by atoms with Gasteiger partial charge in [0.2, 0.25) is 0 Å². The summed E-state index contributed by atoms with van der Waals surface area (Å²) in [7, 11) is 0. The second-order valence-corrected chi connectivity index (χ2v) is 4.69. The van der Waals surface area contributed by atoms with Crippen LogP contribution >= 0.6 is 11.6 Å². The Bertz CT molecular complexity index is 538. The van der Waals surface area contributed by atoms with Crippen LogP contribution < -0.4 is 4.90 Å². The molecule has 3 heterocycles. The molecule has 0 N–H and O–H groups in total. The maximum Gasteiger partial charge on any atom is 0.255 e. The number of anilines is 1. The van der Waals surface area contributed by atoms with E-state index in [1.807, 2.05) is 6.07 Å². The topological polar surface area (TPSA) is 46.3 Å². The predicted octanol–water partition coefficient (Wildman–Crippen LogP) is 2.16. The maximum atomic E-state index is 6.03. The van der Waals surface area contributed by atoms with Crippen LogP contribution in [0.3, 0.4) is 0 Å². The SMILES string of the molecule is CCC1CCCN1c1cc(Cl)nc2ncnn12. The van der Waals surface area contributed by atoms with Gasteiger partial charge in [0.25, 0.3) is 5.78 Å². The van der Waals surface area contributed by atoms with E-state index in [9.17, 15) is 0 Å². The van der Waals surface area contributed by atoms with Crippen molar-refractivity contribution in [2.24, 2.45) is 0 Å². The minimum absolute atomic E-state index is 0.474. The Morgan fingerprint density at radius 3 is 3.24 bits per heavy atom. The summed E-state index contributed by atoms with van der Waals surface area (Å²) >= 11 is 6.03. The Balaban J connectivity index is 2.12. The van der Waals surface area contributed by atoms with Crippen molar-refractivity contribution < 1.29 is 0 Å². The molecule has 0 saturated carbocycles. The molecule has 0 spiro atoms. The minimum atomic E-state index is 0.474. The summed E-state index contributed by atoms with van der Waals surface area (Å²) in [6.07, 6.45) is 5.09. The van der Waals surface area contributed by atoms with Crippen molar-refractivity contribution in [2.45, 2.75) is 32.2 Å². The summed E-state index contributed by atoms with van der Waals surface area (Å²) in [6, 6.07) is 2.44. The molecule has 1 aliphatic heterocycles. The molecule has 1 atom stereocenters. The molecule has 5 nitrogen and oxygen atoms in total. The van der Waals surface area contributed by atoms with E-state index < -0.39 is 0 Å². The predicted molar refractivity (Wildman–Crippen MR) is 66.5 cm³/mol. The lowest BCUT2D eigenvalue weighted by molar-refractivity contribution is 0.633. The molecule has 3 rings (SSSR count). The number of rotatable bonds is 2. The molecule has 6 heteroatoms. The highest BCUT2D eigenvalue weighted by Gasteiger charge is 2.25. The summed E-state index contributed by atoms with van der Waals surface area (Å²) in [6.45, 7) is 3.26. The molecule has 90 valence electrons. The van der Waals surface area contributed by atoms with Crippen LogP contribution in [0.25, 0.3) is 5.78 Å². The smallest absolute Gasteiger partial charge is 0.255 e. The largest absolute Gasteiger partial charge is 0.353 e. The fourth-order valence-electron chi connectivity index (χ4n) is 2.54. The third-order valence-corrected chi connectivity index (χ3v) is 3.54. The molecule has 0 aromatic carbocycles. The van der Waals surface area contributed by atoms with Crippen molar-refractivity contribution in [3.63, 3.8) is 0 Å². The molecule has 17 heavy (non-hydrogen) atoms. The summed E-state index contributed by atoms with van der Waals surface area (Å²) < 4.78 is 1.76. The fraction of sp³-hybridized carbons (Fsp3) is 0.545. The maximum absolute atomic E-state index is 6.03.